The van der Waals surface area contributed by atoms with Crippen LogP contribution in [0.1, 0.15) is 67.8 Å². The molecule has 0 aromatic heterocycles. The number of carbonyl (C=O) groups is 7. The van der Waals surface area contributed by atoms with Crippen LogP contribution >= 0.6 is 22.6 Å². The molecular formula is C33H42IN5O10. The number of nitrogens with one attached hydrogen (secondary N) is 5. The Balaban J connectivity index is 2.01. The number of carbonyl (C=O) groups excluding carboxylic acids is 4. The van der Waals surface area contributed by atoms with Gasteiger partial charge in [0, 0.05) is 41.0 Å². The maximum atomic E-state index is 13.4. The van der Waals surface area contributed by atoms with E-state index in [1.54, 1.807) is 61.5 Å². The molecule has 16 heteroatoms. The third kappa shape index (κ3) is 16.3. The molecule has 0 heterocycles. The van der Waals surface area contributed by atoms with Gasteiger partial charge in [0.1, 0.15) is 18.1 Å². The molecule has 0 unspecified atom stereocenters. The first-order valence-corrected chi connectivity index (χ1v) is 16.7. The van der Waals surface area contributed by atoms with Crippen molar-refractivity contribution in [3.8, 4) is 0 Å². The third-order valence-corrected chi connectivity index (χ3v) is 8.00. The zero-order valence-corrected chi connectivity index (χ0v) is 29.1. The lowest BCUT2D eigenvalue weighted by Gasteiger charge is -2.23. The number of unbranched alkanes of at least 4 members (excludes halogenated alkanes) is 1. The number of benzene rings is 2. The van der Waals surface area contributed by atoms with Crippen molar-refractivity contribution in [1.29, 1.82) is 0 Å². The number of halogens is 1. The summed E-state index contributed by atoms with van der Waals surface area (Å²) in [7, 11) is 0. The molecule has 0 saturated carbocycles. The van der Waals surface area contributed by atoms with Crippen molar-refractivity contribution in [3.63, 3.8) is 0 Å². The highest BCUT2D eigenvalue weighted by Gasteiger charge is 2.28. The van der Waals surface area contributed by atoms with Gasteiger partial charge >= 0.3 is 23.9 Å². The van der Waals surface area contributed by atoms with Crippen LogP contribution < -0.4 is 26.6 Å². The first-order valence-electron chi connectivity index (χ1n) is 15.7. The Kier molecular flexibility index (Phi) is 17.6. The molecule has 0 aliphatic rings. The van der Waals surface area contributed by atoms with E-state index in [1.165, 1.54) is 0 Å². The van der Waals surface area contributed by atoms with Crippen molar-refractivity contribution >= 4 is 64.3 Å². The molecule has 0 saturated heterocycles. The standard InChI is InChI=1S/C33H42IN5O10/c1-20(10-16-27(40)41)36-33(49)39-25(32(47)48)9-5-6-18-35-30(45)26(19-21-7-3-2-4-8-21)38-31(46)24(15-17-28(42)43)37-29(44)22-11-13-23(34)14-12-22/h2-4,7-8,11-14,20,24-26H,5-6,9-10,15-19H2,1H3,(H,35,45)(H,37,44)(H,38,46)(H,40,41)(H,42,43)(H,47,48)(H2,36,39,49)/t20-,24+,25+,26+/m1/s1. The highest BCUT2D eigenvalue weighted by Crippen LogP contribution is 2.10. The molecule has 2 aromatic rings. The highest BCUT2D eigenvalue weighted by atomic mass is 127. The van der Waals surface area contributed by atoms with Crippen LogP contribution in [-0.4, -0.2) is 87.7 Å². The zero-order valence-electron chi connectivity index (χ0n) is 26.9. The Morgan fingerprint density at radius 1 is 0.673 bits per heavy atom. The van der Waals surface area contributed by atoms with Crippen LogP contribution in [0.25, 0.3) is 0 Å². The maximum absolute atomic E-state index is 13.4. The fraction of sp³-hybridized carbons (Fsp3) is 0.424. The van der Waals surface area contributed by atoms with Gasteiger partial charge in [-0.15, -0.1) is 0 Å². The zero-order chi connectivity index (χ0) is 36.3. The molecular weight excluding hydrogens is 753 g/mol. The quantitative estimate of drug-likeness (QED) is 0.0678. The molecule has 2 rings (SSSR count). The molecule has 0 radical (unpaired) electrons. The molecule has 49 heavy (non-hydrogen) atoms. The van der Waals surface area contributed by atoms with E-state index in [2.05, 4.69) is 49.2 Å². The fourth-order valence-electron chi connectivity index (χ4n) is 4.61. The number of urea groups is 1. The highest BCUT2D eigenvalue weighted by molar-refractivity contribution is 14.1. The van der Waals surface area contributed by atoms with E-state index in [-0.39, 0.29) is 44.2 Å². The Morgan fingerprint density at radius 3 is 1.92 bits per heavy atom. The smallest absolute Gasteiger partial charge is 0.326 e. The van der Waals surface area contributed by atoms with E-state index in [0.717, 1.165) is 9.13 Å². The van der Waals surface area contributed by atoms with Gasteiger partial charge in [-0.05, 0) is 91.4 Å². The van der Waals surface area contributed by atoms with E-state index in [1.807, 2.05) is 0 Å². The summed E-state index contributed by atoms with van der Waals surface area (Å²) in [5.74, 6) is -5.28. The molecule has 8 N–H and O–H groups in total. The molecule has 0 aliphatic carbocycles. The normalized spacial score (nSPS) is 13.1. The molecule has 2 aromatic carbocycles. The van der Waals surface area contributed by atoms with E-state index in [0.29, 0.717) is 12.8 Å². The maximum Gasteiger partial charge on any atom is 0.326 e. The van der Waals surface area contributed by atoms with Crippen molar-refractivity contribution in [3.05, 3.63) is 69.3 Å². The third-order valence-electron chi connectivity index (χ3n) is 7.28. The number of hydrogen-bond donors (Lipinski definition) is 8. The molecule has 5 amide bonds. The molecule has 0 spiro atoms. The summed E-state index contributed by atoms with van der Waals surface area (Å²) in [6, 6.07) is 10.7. The summed E-state index contributed by atoms with van der Waals surface area (Å²) in [5.41, 5.74) is 1.01. The van der Waals surface area contributed by atoms with Gasteiger partial charge < -0.3 is 41.9 Å². The average molecular weight is 796 g/mol. The summed E-state index contributed by atoms with van der Waals surface area (Å²) < 4.78 is 0.895. The van der Waals surface area contributed by atoms with Crippen LogP contribution in [0.4, 0.5) is 4.79 Å². The van der Waals surface area contributed by atoms with Crippen molar-refractivity contribution in [2.45, 2.75) is 82.5 Å². The van der Waals surface area contributed by atoms with Crippen molar-refractivity contribution in [2.75, 3.05) is 6.54 Å². The van der Waals surface area contributed by atoms with Gasteiger partial charge in [-0.3, -0.25) is 24.0 Å². The van der Waals surface area contributed by atoms with Gasteiger partial charge in [0.05, 0.1) is 0 Å². The SMILES string of the molecule is C[C@H](CCC(=O)O)NC(=O)N[C@@H](CCCCNC(=O)[C@H](Cc1ccccc1)NC(=O)[C@H](CCC(=O)O)NC(=O)c1ccc(I)cc1)C(=O)O. The second-order valence-electron chi connectivity index (χ2n) is 11.3. The van der Waals surface area contributed by atoms with Crippen LogP contribution in [0.5, 0.6) is 0 Å². The topological polar surface area (TPSA) is 240 Å². The molecule has 266 valence electrons. The summed E-state index contributed by atoms with van der Waals surface area (Å²) in [4.78, 5) is 85.4. The molecule has 4 atom stereocenters. The second-order valence-corrected chi connectivity index (χ2v) is 12.6. The van der Waals surface area contributed by atoms with Gasteiger partial charge in [-0.1, -0.05) is 30.3 Å². The number of rotatable bonds is 21. The Hall–Kier alpha value is -4.74. The molecule has 0 aliphatic heterocycles. The lowest BCUT2D eigenvalue weighted by Crippen LogP contribution is -2.54. The predicted molar refractivity (Wildman–Crippen MR) is 186 cm³/mol. The van der Waals surface area contributed by atoms with E-state index in [4.69, 9.17) is 5.11 Å². The van der Waals surface area contributed by atoms with E-state index in [9.17, 15) is 43.8 Å². The number of hydrogen-bond acceptors (Lipinski definition) is 7. The number of aliphatic carboxylic acids is 3. The van der Waals surface area contributed by atoms with E-state index < -0.39 is 72.2 Å². The Morgan fingerprint density at radius 2 is 1.31 bits per heavy atom. The fourth-order valence-corrected chi connectivity index (χ4v) is 4.97. The average Bonchev–Trinajstić information content (AvgIpc) is 3.04. The van der Waals surface area contributed by atoms with Gasteiger partial charge in [0.25, 0.3) is 5.91 Å². The molecule has 0 fully saturated rings. The summed E-state index contributed by atoms with van der Waals surface area (Å²) >= 11 is 2.08. The van der Waals surface area contributed by atoms with Crippen LogP contribution in [0.3, 0.4) is 0 Å². The van der Waals surface area contributed by atoms with Crippen LogP contribution in [0, 0.1) is 3.57 Å². The molecule has 0 bridgehead atoms. The lowest BCUT2D eigenvalue weighted by atomic mass is 10.0. The second kappa shape index (κ2) is 21.3. The minimum Gasteiger partial charge on any atom is -0.481 e. The summed E-state index contributed by atoms with van der Waals surface area (Å²) in [6.45, 7) is 1.72. The monoisotopic (exact) mass is 795 g/mol. The van der Waals surface area contributed by atoms with Crippen molar-refractivity contribution in [1.82, 2.24) is 26.6 Å². The first-order chi connectivity index (χ1) is 23.2. The summed E-state index contributed by atoms with van der Waals surface area (Å²) in [5, 5.41) is 40.4. The van der Waals surface area contributed by atoms with Gasteiger partial charge in [-0.25, -0.2) is 9.59 Å². The lowest BCUT2D eigenvalue weighted by molar-refractivity contribution is -0.139. The van der Waals surface area contributed by atoms with Crippen LogP contribution in [0.2, 0.25) is 0 Å². The number of carboxylic acids is 3. The van der Waals surface area contributed by atoms with Crippen molar-refractivity contribution < 1.29 is 48.9 Å². The van der Waals surface area contributed by atoms with E-state index >= 15 is 0 Å². The van der Waals surface area contributed by atoms with Gasteiger partial charge in [0.2, 0.25) is 11.8 Å². The minimum atomic E-state index is -1.26. The Bertz CT molecular complexity index is 1440. The summed E-state index contributed by atoms with van der Waals surface area (Å²) in [6.07, 6.45) is 0.208. The van der Waals surface area contributed by atoms with Gasteiger partial charge in [0.15, 0.2) is 0 Å². The number of carboxylic acid groups (broad SMARTS) is 3. The van der Waals surface area contributed by atoms with Crippen molar-refractivity contribution in [2.24, 2.45) is 0 Å². The Labute approximate surface area is 297 Å². The number of amides is 5. The first kappa shape index (κ1) is 40.4. The van der Waals surface area contributed by atoms with Crippen LogP contribution in [-0.2, 0) is 30.4 Å². The largest absolute Gasteiger partial charge is 0.481 e. The predicted octanol–water partition coefficient (Wildman–Crippen LogP) is 2.27. The van der Waals surface area contributed by atoms with Gasteiger partial charge in [-0.2, -0.15) is 0 Å². The minimum absolute atomic E-state index is 0.0534. The molecule has 15 nitrogen and oxygen atoms in total. The van der Waals surface area contributed by atoms with Crippen LogP contribution in [0.15, 0.2) is 54.6 Å².